The van der Waals surface area contributed by atoms with Gasteiger partial charge in [-0.05, 0) is 46.2 Å². The van der Waals surface area contributed by atoms with Gasteiger partial charge in [0.25, 0.3) is 0 Å². The fraction of sp³-hybridized carbons (Fsp3) is 0.455. The van der Waals surface area contributed by atoms with Crippen LogP contribution in [0.25, 0.3) is 0 Å². The quantitative estimate of drug-likeness (QED) is 0.848. The Bertz CT molecular complexity index is 400. The third-order valence-electron chi connectivity index (χ3n) is 2.77. The van der Waals surface area contributed by atoms with E-state index in [-0.39, 0.29) is 22.4 Å². The normalized spacial score (nSPS) is 25.0. The fourth-order valence-corrected chi connectivity index (χ4v) is 3.46. The first-order chi connectivity index (χ1) is 7.59. The number of aliphatic hydroxyl groups excluding tert-OH is 1. The number of rotatable bonds is 2. The molecule has 88 valence electrons. The summed E-state index contributed by atoms with van der Waals surface area (Å²) >= 11 is 4.65. The van der Waals surface area contributed by atoms with E-state index in [1.165, 1.54) is 12.1 Å². The van der Waals surface area contributed by atoms with E-state index in [0.717, 1.165) is 5.75 Å². The molecule has 0 aliphatic carbocycles. The Morgan fingerprint density at radius 2 is 2.12 bits per heavy atom. The number of halogens is 3. The van der Waals surface area contributed by atoms with Gasteiger partial charge in [-0.25, -0.2) is 8.78 Å². The Hall–Kier alpha value is -0.130. The van der Waals surface area contributed by atoms with Crippen LogP contribution in [0, 0.1) is 17.6 Å². The summed E-state index contributed by atoms with van der Waals surface area (Å²) in [5.74, 6) is 0.270. The van der Waals surface area contributed by atoms with Crippen molar-refractivity contribution in [2.24, 2.45) is 5.92 Å². The molecule has 1 aromatic carbocycles. The molecule has 0 saturated carbocycles. The van der Waals surface area contributed by atoms with Crippen LogP contribution in [-0.2, 0) is 6.42 Å². The summed E-state index contributed by atoms with van der Waals surface area (Å²) in [6.45, 7) is 0. The molecule has 0 aromatic heterocycles. The number of hydrogen-bond donors (Lipinski definition) is 1. The van der Waals surface area contributed by atoms with E-state index >= 15 is 0 Å². The minimum Gasteiger partial charge on any atom is -0.392 e. The van der Waals surface area contributed by atoms with Crippen molar-refractivity contribution in [2.75, 3.05) is 11.5 Å². The van der Waals surface area contributed by atoms with E-state index < -0.39 is 17.7 Å². The van der Waals surface area contributed by atoms with Crippen LogP contribution in [0.3, 0.4) is 0 Å². The van der Waals surface area contributed by atoms with E-state index in [1.807, 2.05) is 0 Å². The van der Waals surface area contributed by atoms with Gasteiger partial charge in [0.05, 0.1) is 10.6 Å². The second-order valence-electron chi connectivity index (χ2n) is 3.89. The van der Waals surface area contributed by atoms with Crippen molar-refractivity contribution in [1.29, 1.82) is 0 Å². The first-order valence-electron chi connectivity index (χ1n) is 4.97. The van der Waals surface area contributed by atoms with Gasteiger partial charge in [0, 0.05) is 11.3 Å². The zero-order chi connectivity index (χ0) is 11.7. The van der Waals surface area contributed by atoms with Crippen molar-refractivity contribution >= 4 is 27.7 Å². The van der Waals surface area contributed by atoms with Gasteiger partial charge < -0.3 is 5.11 Å². The minimum atomic E-state index is -0.552. The molecule has 1 saturated heterocycles. The molecule has 0 radical (unpaired) electrons. The number of aliphatic hydroxyl groups is 1. The largest absolute Gasteiger partial charge is 0.392 e. The lowest BCUT2D eigenvalue weighted by Crippen LogP contribution is -2.21. The minimum absolute atomic E-state index is 0.0525. The lowest BCUT2D eigenvalue weighted by molar-refractivity contribution is 0.148. The summed E-state index contributed by atoms with van der Waals surface area (Å²) in [7, 11) is 0. The number of benzene rings is 1. The summed E-state index contributed by atoms with van der Waals surface area (Å²) in [6.07, 6.45) is -0.201. The molecule has 1 N–H and O–H groups in total. The van der Waals surface area contributed by atoms with Crippen LogP contribution in [0.2, 0.25) is 0 Å². The molecule has 2 atom stereocenters. The van der Waals surface area contributed by atoms with E-state index in [1.54, 1.807) is 11.8 Å². The lowest BCUT2D eigenvalue weighted by atomic mass is 9.96. The van der Waals surface area contributed by atoms with Crippen LogP contribution in [0.1, 0.15) is 5.56 Å². The van der Waals surface area contributed by atoms with Gasteiger partial charge in [-0.3, -0.25) is 0 Å². The monoisotopic (exact) mass is 308 g/mol. The van der Waals surface area contributed by atoms with Gasteiger partial charge in [0.15, 0.2) is 0 Å². The number of thioether (sulfide) groups is 1. The van der Waals surface area contributed by atoms with Gasteiger partial charge in [0.1, 0.15) is 11.6 Å². The van der Waals surface area contributed by atoms with Crippen LogP contribution >= 0.6 is 27.7 Å². The average Bonchev–Trinajstić information content (AvgIpc) is 2.65. The molecule has 2 unspecified atom stereocenters. The van der Waals surface area contributed by atoms with E-state index in [9.17, 15) is 13.9 Å². The van der Waals surface area contributed by atoms with Gasteiger partial charge in [0.2, 0.25) is 0 Å². The SMILES string of the molecule is OC1CSCC1Cc1c(F)ccc(Br)c1F. The predicted molar refractivity (Wildman–Crippen MR) is 64.6 cm³/mol. The van der Waals surface area contributed by atoms with Crippen molar-refractivity contribution in [3.63, 3.8) is 0 Å². The maximum atomic E-state index is 13.7. The molecule has 1 aromatic rings. The highest BCUT2D eigenvalue weighted by Crippen LogP contribution is 2.30. The maximum Gasteiger partial charge on any atom is 0.143 e. The molecular weight excluding hydrogens is 298 g/mol. The van der Waals surface area contributed by atoms with Crippen molar-refractivity contribution in [3.8, 4) is 0 Å². The lowest BCUT2D eigenvalue weighted by Gasteiger charge is -2.14. The second-order valence-corrected chi connectivity index (χ2v) is 5.82. The second kappa shape index (κ2) is 5.02. The molecule has 1 fully saturated rings. The zero-order valence-electron chi connectivity index (χ0n) is 8.42. The van der Waals surface area contributed by atoms with Gasteiger partial charge in [-0.2, -0.15) is 11.8 Å². The predicted octanol–water partition coefficient (Wildman–Crippen LogP) is 2.99. The smallest absolute Gasteiger partial charge is 0.143 e. The standard InChI is InChI=1S/C11H11BrF2OS/c12-8-1-2-9(13)7(11(8)14)3-6-4-16-5-10(6)15/h1-2,6,10,15H,3-5H2. The van der Waals surface area contributed by atoms with Crippen LogP contribution in [0.15, 0.2) is 16.6 Å². The summed E-state index contributed by atoms with van der Waals surface area (Å²) in [5.41, 5.74) is 0.0703. The molecule has 0 bridgehead atoms. The van der Waals surface area contributed by atoms with Crippen molar-refractivity contribution in [1.82, 2.24) is 0 Å². The highest BCUT2D eigenvalue weighted by molar-refractivity contribution is 9.10. The Morgan fingerprint density at radius 3 is 2.75 bits per heavy atom. The topological polar surface area (TPSA) is 20.2 Å². The summed E-state index contributed by atoms with van der Waals surface area (Å²) in [6, 6.07) is 2.60. The molecule has 1 aliphatic rings. The number of hydrogen-bond acceptors (Lipinski definition) is 2. The van der Waals surface area contributed by atoms with E-state index in [4.69, 9.17) is 0 Å². The highest BCUT2D eigenvalue weighted by atomic mass is 79.9. The molecule has 5 heteroatoms. The van der Waals surface area contributed by atoms with E-state index in [2.05, 4.69) is 15.9 Å². The Labute approximate surface area is 105 Å². The van der Waals surface area contributed by atoms with Crippen molar-refractivity contribution in [3.05, 3.63) is 33.8 Å². The van der Waals surface area contributed by atoms with Crippen LogP contribution < -0.4 is 0 Å². The fourth-order valence-electron chi connectivity index (χ4n) is 1.80. The summed E-state index contributed by atoms with van der Waals surface area (Å²) < 4.78 is 27.4. The van der Waals surface area contributed by atoms with Crippen molar-refractivity contribution in [2.45, 2.75) is 12.5 Å². The van der Waals surface area contributed by atoms with Gasteiger partial charge in [-0.15, -0.1) is 0 Å². The summed E-state index contributed by atoms with van der Waals surface area (Å²) in [4.78, 5) is 0. The van der Waals surface area contributed by atoms with E-state index in [0.29, 0.717) is 5.75 Å². The van der Waals surface area contributed by atoms with Crippen LogP contribution in [-0.4, -0.2) is 22.7 Å². The Morgan fingerprint density at radius 1 is 1.38 bits per heavy atom. The first kappa shape index (κ1) is 12.3. The molecule has 16 heavy (non-hydrogen) atoms. The molecule has 0 spiro atoms. The van der Waals surface area contributed by atoms with Gasteiger partial charge in [-0.1, -0.05) is 0 Å². The third-order valence-corrected chi connectivity index (χ3v) is 4.62. The van der Waals surface area contributed by atoms with Crippen LogP contribution in [0.5, 0.6) is 0 Å². The summed E-state index contributed by atoms with van der Waals surface area (Å²) in [5, 5.41) is 9.62. The molecule has 1 nitrogen and oxygen atoms in total. The van der Waals surface area contributed by atoms with Gasteiger partial charge >= 0.3 is 0 Å². The average molecular weight is 309 g/mol. The van der Waals surface area contributed by atoms with Crippen LogP contribution in [0.4, 0.5) is 8.78 Å². The molecule has 1 heterocycles. The molecule has 1 aliphatic heterocycles. The van der Waals surface area contributed by atoms with Crippen molar-refractivity contribution < 1.29 is 13.9 Å². The molecule has 2 rings (SSSR count). The molecular formula is C11H11BrF2OS. The zero-order valence-corrected chi connectivity index (χ0v) is 10.8. The third kappa shape index (κ3) is 2.41. The first-order valence-corrected chi connectivity index (χ1v) is 6.92. The molecule has 0 amide bonds. The maximum absolute atomic E-state index is 13.7. The Kier molecular flexibility index (Phi) is 3.87. The highest BCUT2D eigenvalue weighted by Gasteiger charge is 2.28. The Balaban J connectivity index is 2.23.